The molecule has 0 heterocycles. The predicted molar refractivity (Wildman–Crippen MR) is 61.2 cm³/mol. The largest absolute Gasteiger partial charge is 0.394 e. The molecule has 0 aromatic carbocycles. The van der Waals surface area contributed by atoms with Gasteiger partial charge in [0.15, 0.2) is 0 Å². The Balaban J connectivity index is -0.000000135. The summed E-state index contributed by atoms with van der Waals surface area (Å²) in [4.78, 5) is 0. The molecule has 0 unspecified atom stereocenters. The van der Waals surface area contributed by atoms with Crippen LogP contribution in [0.3, 0.4) is 0 Å². The fourth-order valence-electron chi connectivity index (χ4n) is 0.333. The minimum atomic E-state index is -0.167. The zero-order valence-corrected chi connectivity index (χ0v) is 9.90. The summed E-state index contributed by atoms with van der Waals surface area (Å²) >= 11 is 0. The molecule has 14 heavy (non-hydrogen) atoms. The van der Waals surface area contributed by atoms with Gasteiger partial charge in [0.2, 0.25) is 0 Å². The molecule has 0 aromatic rings. The van der Waals surface area contributed by atoms with Crippen molar-refractivity contribution in [3.63, 3.8) is 0 Å². The van der Waals surface area contributed by atoms with Gasteiger partial charge in [0.1, 0.15) is 0 Å². The van der Waals surface area contributed by atoms with Crippen molar-refractivity contribution in [2.45, 2.75) is 46.6 Å². The van der Waals surface area contributed by atoms with Gasteiger partial charge in [0.05, 0.1) is 13.2 Å². The minimum Gasteiger partial charge on any atom is -0.394 e. The first-order valence-electron chi connectivity index (χ1n) is 5.07. The number of aliphatic hydroxyl groups excluding tert-OH is 3. The number of unbranched alkanes of at least 4 members (excludes halogenated alkanes) is 1. The Bertz CT molecular complexity index is 85.8. The molecule has 0 fully saturated rings. The van der Waals surface area contributed by atoms with Crippen LogP contribution >= 0.6 is 0 Å². The lowest BCUT2D eigenvalue weighted by Gasteiger charge is -1.80. The fraction of sp³-hybridized carbons (Fsp3) is 0.818. The first-order valence-corrected chi connectivity index (χ1v) is 5.07. The van der Waals surface area contributed by atoms with Gasteiger partial charge in [0.25, 0.3) is 0 Å². The number of hydrogen-bond donors (Lipinski definition) is 3. The normalized spacial score (nSPS) is 9.14. The quantitative estimate of drug-likeness (QED) is 0.616. The maximum absolute atomic E-state index is 8.06. The molecular weight excluding hydrogens is 180 g/mol. The zero-order valence-electron chi connectivity index (χ0n) is 9.90. The molecule has 0 aliphatic heterocycles. The standard InChI is InChI=1S/C6H12.C3H8O.C2H6O2/c1-3-5-6-4-2;1-3(2)4;3-1-2-4/h3,5H,4,6H2,1-2H3;3-4H,1-2H3;3-4H,1-2H2/b5-3+;;. The van der Waals surface area contributed by atoms with Gasteiger partial charge < -0.3 is 15.3 Å². The van der Waals surface area contributed by atoms with Crippen molar-refractivity contribution in [3.05, 3.63) is 12.2 Å². The van der Waals surface area contributed by atoms with Crippen LogP contribution in [0.2, 0.25) is 0 Å². The van der Waals surface area contributed by atoms with E-state index < -0.39 is 0 Å². The third-order valence-corrected chi connectivity index (χ3v) is 0.791. The molecule has 0 radical (unpaired) electrons. The van der Waals surface area contributed by atoms with Gasteiger partial charge in [-0.1, -0.05) is 25.5 Å². The number of aliphatic hydroxyl groups is 3. The van der Waals surface area contributed by atoms with E-state index in [2.05, 4.69) is 26.0 Å². The molecule has 0 rings (SSSR count). The highest BCUT2D eigenvalue weighted by Crippen LogP contribution is 1.85. The van der Waals surface area contributed by atoms with Crippen molar-refractivity contribution >= 4 is 0 Å². The van der Waals surface area contributed by atoms with Crippen molar-refractivity contribution in [1.82, 2.24) is 0 Å². The Labute approximate surface area is 88.1 Å². The summed E-state index contributed by atoms with van der Waals surface area (Å²) in [6.07, 6.45) is 6.60. The second kappa shape index (κ2) is 22.9. The van der Waals surface area contributed by atoms with Gasteiger partial charge in [0, 0.05) is 6.10 Å². The zero-order chi connectivity index (χ0) is 11.8. The molecule has 0 amide bonds. The van der Waals surface area contributed by atoms with Crippen molar-refractivity contribution in [3.8, 4) is 0 Å². The van der Waals surface area contributed by atoms with Crippen LogP contribution in [0, 0.1) is 0 Å². The number of allylic oxidation sites excluding steroid dienone is 2. The van der Waals surface area contributed by atoms with Crippen LogP contribution in [-0.4, -0.2) is 34.6 Å². The van der Waals surface area contributed by atoms with Gasteiger partial charge in [-0.05, 0) is 27.2 Å². The van der Waals surface area contributed by atoms with Crippen molar-refractivity contribution < 1.29 is 15.3 Å². The highest BCUT2D eigenvalue weighted by atomic mass is 16.3. The monoisotopic (exact) mass is 206 g/mol. The maximum atomic E-state index is 8.06. The van der Waals surface area contributed by atoms with E-state index in [0.717, 1.165) is 0 Å². The molecule has 3 heteroatoms. The van der Waals surface area contributed by atoms with Crippen LogP contribution < -0.4 is 0 Å². The molecule has 0 aliphatic rings. The van der Waals surface area contributed by atoms with Gasteiger partial charge in [-0.25, -0.2) is 0 Å². The molecule has 0 spiro atoms. The van der Waals surface area contributed by atoms with Crippen LogP contribution in [0.25, 0.3) is 0 Å². The minimum absolute atomic E-state index is 0.125. The molecule has 88 valence electrons. The van der Waals surface area contributed by atoms with E-state index in [0.29, 0.717) is 0 Å². The molecule has 3 nitrogen and oxygen atoms in total. The van der Waals surface area contributed by atoms with E-state index in [-0.39, 0.29) is 19.3 Å². The molecule has 0 aromatic heterocycles. The summed E-state index contributed by atoms with van der Waals surface area (Å²) in [5.41, 5.74) is 0. The summed E-state index contributed by atoms with van der Waals surface area (Å²) < 4.78 is 0. The second-order valence-electron chi connectivity index (χ2n) is 2.90. The Kier molecular flexibility index (Phi) is 31.5. The molecular formula is C11H26O3. The van der Waals surface area contributed by atoms with Crippen LogP contribution in [0.4, 0.5) is 0 Å². The average molecular weight is 206 g/mol. The molecule has 0 aliphatic carbocycles. The van der Waals surface area contributed by atoms with Crippen LogP contribution in [0.15, 0.2) is 12.2 Å². The van der Waals surface area contributed by atoms with E-state index in [1.165, 1.54) is 12.8 Å². The van der Waals surface area contributed by atoms with Crippen molar-refractivity contribution in [1.29, 1.82) is 0 Å². The van der Waals surface area contributed by atoms with Gasteiger partial charge >= 0.3 is 0 Å². The van der Waals surface area contributed by atoms with E-state index in [1.54, 1.807) is 13.8 Å². The average Bonchev–Trinajstić information content (AvgIpc) is 2.14. The van der Waals surface area contributed by atoms with E-state index in [1.807, 2.05) is 0 Å². The smallest absolute Gasteiger partial charge is 0.0662 e. The maximum Gasteiger partial charge on any atom is 0.0662 e. The summed E-state index contributed by atoms with van der Waals surface area (Å²) in [6.45, 7) is 7.43. The summed E-state index contributed by atoms with van der Waals surface area (Å²) in [5.74, 6) is 0. The number of hydrogen-bond acceptors (Lipinski definition) is 3. The highest BCUT2D eigenvalue weighted by molar-refractivity contribution is 4.75. The van der Waals surface area contributed by atoms with E-state index >= 15 is 0 Å². The first-order chi connectivity index (χ1) is 6.56. The Hall–Kier alpha value is -0.380. The topological polar surface area (TPSA) is 60.7 Å². The second-order valence-corrected chi connectivity index (χ2v) is 2.90. The fourth-order valence-corrected chi connectivity index (χ4v) is 0.333. The highest BCUT2D eigenvalue weighted by Gasteiger charge is 1.69. The Morgan fingerprint density at radius 3 is 1.57 bits per heavy atom. The molecule has 3 N–H and O–H groups in total. The Morgan fingerprint density at radius 2 is 1.50 bits per heavy atom. The van der Waals surface area contributed by atoms with E-state index in [4.69, 9.17) is 15.3 Å². The third kappa shape index (κ3) is 100. The van der Waals surface area contributed by atoms with Crippen LogP contribution in [-0.2, 0) is 0 Å². The molecule has 0 saturated heterocycles. The third-order valence-electron chi connectivity index (χ3n) is 0.791. The van der Waals surface area contributed by atoms with Gasteiger partial charge in [-0.3, -0.25) is 0 Å². The number of rotatable bonds is 3. The van der Waals surface area contributed by atoms with Gasteiger partial charge in [-0.2, -0.15) is 0 Å². The van der Waals surface area contributed by atoms with Crippen molar-refractivity contribution in [2.75, 3.05) is 13.2 Å². The lowest BCUT2D eigenvalue weighted by atomic mass is 10.3. The predicted octanol–water partition coefficient (Wildman–Crippen LogP) is 1.72. The summed E-state index contributed by atoms with van der Waals surface area (Å²) in [5, 5.41) is 23.3. The van der Waals surface area contributed by atoms with Gasteiger partial charge in [-0.15, -0.1) is 0 Å². The van der Waals surface area contributed by atoms with Crippen LogP contribution in [0.1, 0.15) is 40.5 Å². The molecule has 0 atom stereocenters. The lowest BCUT2D eigenvalue weighted by Crippen LogP contribution is -1.85. The van der Waals surface area contributed by atoms with Crippen LogP contribution in [0.5, 0.6) is 0 Å². The lowest BCUT2D eigenvalue weighted by molar-refractivity contribution is 0.186. The summed E-state index contributed by atoms with van der Waals surface area (Å²) in [7, 11) is 0. The van der Waals surface area contributed by atoms with E-state index in [9.17, 15) is 0 Å². The molecule has 0 bridgehead atoms. The SMILES string of the molecule is C/C=C/CCC.CC(C)O.OCCO. The summed E-state index contributed by atoms with van der Waals surface area (Å²) in [6, 6.07) is 0. The van der Waals surface area contributed by atoms with Crippen molar-refractivity contribution in [2.24, 2.45) is 0 Å². The first kappa shape index (κ1) is 19.2. The Morgan fingerprint density at radius 1 is 1.14 bits per heavy atom. The molecule has 0 saturated carbocycles.